The molecule has 0 amide bonds. The zero-order valence-electron chi connectivity index (χ0n) is 20.5. The summed E-state index contributed by atoms with van der Waals surface area (Å²) in [5.41, 5.74) is 0.803. The van der Waals surface area contributed by atoms with Gasteiger partial charge in [0.25, 0.3) is 0 Å². The van der Waals surface area contributed by atoms with Gasteiger partial charge in [-0.25, -0.2) is 8.42 Å². The molecule has 0 spiro atoms. The summed E-state index contributed by atoms with van der Waals surface area (Å²) >= 11 is 6.13. The molecular weight excluding hydrogens is 527 g/mol. The van der Waals surface area contributed by atoms with Crippen molar-refractivity contribution in [3.8, 4) is 5.75 Å². The van der Waals surface area contributed by atoms with Crippen molar-refractivity contribution in [2.45, 2.75) is 43.6 Å². The molecule has 0 fully saturated rings. The van der Waals surface area contributed by atoms with Gasteiger partial charge >= 0.3 is 6.18 Å². The Bertz CT molecular complexity index is 1300. The maximum Gasteiger partial charge on any atom is 0.417 e. The van der Waals surface area contributed by atoms with Crippen LogP contribution in [-0.4, -0.2) is 37.8 Å². The fourth-order valence-electron chi connectivity index (χ4n) is 3.97. The van der Waals surface area contributed by atoms with Crippen LogP contribution in [-0.2, 0) is 29.1 Å². The SMILES string of the molecule is CC(O)c1ccc(OCCCN(Cc2ccccc2)Cc2cccc(C(F)(F)F)c2Cl)cc1S(C)(=O)=O. The normalized spacial score (nSPS) is 13.1. The zero-order valence-corrected chi connectivity index (χ0v) is 22.1. The first-order chi connectivity index (χ1) is 17.4. The van der Waals surface area contributed by atoms with Crippen LogP contribution in [0.2, 0.25) is 5.02 Å². The van der Waals surface area contributed by atoms with Crippen molar-refractivity contribution in [2.24, 2.45) is 0 Å². The van der Waals surface area contributed by atoms with E-state index in [9.17, 15) is 26.7 Å². The highest BCUT2D eigenvalue weighted by Gasteiger charge is 2.34. The largest absolute Gasteiger partial charge is 0.494 e. The van der Waals surface area contributed by atoms with E-state index >= 15 is 0 Å². The summed E-state index contributed by atoms with van der Waals surface area (Å²) in [5.74, 6) is 0.348. The Hall–Kier alpha value is -2.59. The van der Waals surface area contributed by atoms with Crippen LogP contribution in [0.5, 0.6) is 5.75 Å². The van der Waals surface area contributed by atoms with Crippen molar-refractivity contribution in [3.05, 3.63) is 94.0 Å². The van der Waals surface area contributed by atoms with E-state index in [-0.39, 0.29) is 23.1 Å². The number of alkyl halides is 3. The molecule has 0 aliphatic rings. The average Bonchev–Trinajstić information content (AvgIpc) is 2.82. The Kier molecular flexibility index (Phi) is 9.63. The van der Waals surface area contributed by atoms with Gasteiger partial charge in [-0.1, -0.05) is 60.1 Å². The fraction of sp³-hybridized carbons (Fsp3) is 0.333. The van der Waals surface area contributed by atoms with Crippen LogP contribution >= 0.6 is 11.6 Å². The quantitative estimate of drug-likeness (QED) is 0.282. The Labute approximate surface area is 220 Å². The molecule has 0 heterocycles. The molecule has 0 saturated heterocycles. The van der Waals surface area contributed by atoms with Crippen LogP contribution in [0.25, 0.3) is 0 Å². The molecule has 0 saturated carbocycles. The van der Waals surface area contributed by atoms with Crippen molar-refractivity contribution >= 4 is 21.4 Å². The molecule has 200 valence electrons. The first-order valence-electron chi connectivity index (χ1n) is 11.6. The number of halogens is 4. The molecule has 0 radical (unpaired) electrons. The molecule has 10 heteroatoms. The second-order valence-corrected chi connectivity index (χ2v) is 11.2. The standard InChI is InChI=1S/C27H29ClF3NO4S/c1-19(33)23-13-12-22(16-25(23)37(2,34)35)36-15-7-14-32(17-20-8-4-3-5-9-20)18-21-10-6-11-24(26(21)28)27(29,30)31/h3-6,8-13,16,19,33H,7,14-15,17-18H2,1-2H3. The maximum absolute atomic E-state index is 13.3. The van der Waals surface area contributed by atoms with Gasteiger partial charge in [-0.2, -0.15) is 13.2 Å². The van der Waals surface area contributed by atoms with E-state index in [0.29, 0.717) is 36.4 Å². The number of rotatable bonds is 11. The van der Waals surface area contributed by atoms with Gasteiger partial charge in [0.15, 0.2) is 9.84 Å². The average molecular weight is 556 g/mol. The number of aliphatic hydroxyl groups excluding tert-OH is 1. The predicted molar refractivity (Wildman–Crippen MR) is 137 cm³/mol. The van der Waals surface area contributed by atoms with Gasteiger partial charge in [0.05, 0.1) is 28.2 Å². The number of benzene rings is 3. The van der Waals surface area contributed by atoms with Crippen LogP contribution in [0.4, 0.5) is 13.2 Å². The topological polar surface area (TPSA) is 66.8 Å². The van der Waals surface area contributed by atoms with Gasteiger partial charge in [0.1, 0.15) is 5.75 Å². The van der Waals surface area contributed by atoms with Crippen molar-refractivity contribution in [1.82, 2.24) is 4.90 Å². The van der Waals surface area contributed by atoms with Crippen LogP contribution in [0.15, 0.2) is 71.6 Å². The van der Waals surface area contributed by atoms with Crippen LogP contribution in [0.1, 0.15) is 41.7 Å². The van der Waals surface area contributed by atoms with E-state index in [1.807, 2.05) is 35.2 Å². The van der Waals surface area contributed by atoms with Crippen molar-refractivity contribution < 1.29 is 31.4 Å². The summed E-state index contributed by atoms with van der Waals surface area (Å²) in [4.78, 5) is 1.99. The summed E-state index contributed by atoms with van der Waals surface area (Å²) in [7, 11) is -3.57. The number of aliphatic hydroxyl groups is 1. The zero-order chi connectivity index (χ0) is 27.2. The molecule has 3 aromatic rings. The summed E-state index contributed by atoms with van der Waals surface area (Å²) in [6.45, 7) is 2.93. The van der Waals surface area contributed by atoms with E-state index in [2.05, 4.69) is 0 Å². The third kappa shape index (κ3) is 8.20. The Morgan fingerprint density at radius 1 is 1.03 bits per heavy atom. The van der Waals surface area contributed by atoms with E-state index in [1.54, 1.807) is 12.1 Å². The van der Waals surface area contributed by atoms with E-state index in [4.69, 9.17) is 16.3 Å². The van der Waals surface area contributed by atoms with E-state index in [0.717, 1.165) is 17.9 Å². The smallest absolute Gasteiger partial charge is 0.417 e. The number of hydrogen-bond acceptors (Lipinski definition) is 5. The lowest BCUT2D eigenvalue weighted by Crippen LogP contribution is -2.25. The lowest BCUT2D eigenvalue weighted by molar-refractivity contribution is -0.137. The number of sulfone groups is 1. The first-order valence-corrected chi connectivity index (χ1v) is 13.9. The van der Waals surface area contributed by atoms with Crippen LogP contribution in [0.3, 0.4) is 0 Å². The molecule has 3 rings (SSSR count). The molecule has 0 aromatic heterocycles. The van der Waals surface area contributed by atoms with Crippen molar-refractivity contribution in [3.63, 3.8) is 0 Å². The minimum absolute atomic E-state index is 0.00453. The van der Waals surface area contributed by atoms with Gasteiger partial charge in [0, 0.05) is 25.9 Å². The van der Waals surface area contributed by atoms with Gasteiger partial charge in [-0.15, -0.1) is 0 Å². The molecule has 1 N–H and O–H groups in total. The summed E-state index contributed by atoms with van der Waals surface area (Å²) < 4.78 is 70.0. The lowest BCUT2D eigenvalue weighted by Gasteiger charge is -2.24. The molecule has 5 nitrogen and oxygen atoms in total. The Balaban J connectivity index is 1.72. The van der Waals surface area contributed by atoms with Crippen molar-refractivity contribution in [2.75, 3.05) is 19.4 Å². The van der Waals surface area contributed by atoms with E-state index < -0.39 is 27.7 Å². The highest BCUT2D eigenvalue weighted by molar-refractivity contribution is 7.90. The van der Waals surface area contributed by atoms with E-state index in [1.165, 1.54) is 25.1 Å². The minimum atomic E-state index is -4.54. The molecule has 0 aliphatic heterocycles. The highest BCUT2D eigenvalue weighted by Crippen LogP contribution is 2.36. The molecular formula is C27H29ClF3NO4S. The molecule has 37 heavy (non-hydrogen) atoms. The second kappa shape index (κ2) is 12.3. The second-order valence-electron chi connectivity index (χ2n) is 8.82. The summed E-state index contributed by atoms with van der Waals surface area (Å²) in [5, 5.41) is 9.57. The fourth-order valence-corrected chi connectivity index (χ4v) is 5.26. The van der Waals surface area contributed by atoms with Gasteiger partial charge in [-0.05, 0) is 48.2 Å². The summed E-state index contributed by atoms with van der Waals surface area (Å²) in [6.07, 6.45) is -3.90. The Morgan fingerprint density at radius 3 is 2.35 bits per heavy atom. The molecule has 1 atom stereocenters. The predicted octanol–water partition coefficient (Wildman–Crippen LogP) is 6.29. The van der Waals surface area contributed by atoms with Gasteiger partial charge in [-0.3, -0.25) is 4.90 Å². The molecule has 3 aromatic carbocycles. The van der Waals surface area contributed by atoms with Gasteiger partial charge < -0.3 is 9.84 Å². The maximum atomic E-state index is 13.3. The number of ether oxygens (including phenoxy) is 1. The number of hydrogen-bond donors (Lipinski definition) is 1. The molecule has 0 aliphatic carbocycles. The minimum Gasteiger partial charge on any atom is -0.494 e. The first kappa shape index (κ1) is 29.0. The lowest BCUT2D eigenvalue weighted by atomic mass is 10.1. The Morgan fingerprint density at radius 2 is 1.73 bits per heavy atom. The molecule has 0 bridgehead atoms. The molecule has 1 unspecified atom stereocenters. The van der Waals surface area contributed by atoms with Crippen LogP contribution in [0, 0.1) is 0 Å². The van der Waals surface area contributed by atoms with Gasteiger partial charge in [0.2, 0.25) is 0 Å². The number of nitrogens with zero attached hydrogens (tertiary/aromatic N) is 1. The highest BCUT2D eigenvalue weighted by atomic mass is 35.5. The summed E-state index contributed by atoms with van der Waals surface area (Å²) in [6, 6.07) is 18.0. The third-order valence-electron chi connectivity index (χ3n) is 5.75. The van der Waals surface area contributed by atoms with Crippen molar-refractivity contribution in [1.29, 1.82) is 0 Å². The third-order valence-corrected chi connectivity index (χ3v) is 7.35. The van der Waals surface area contributed by atoms with Crippen LogP contribution < -0.4 is 4.74 Å². The monoisotopic (exact) mass is 555 g/mol.